The quantitative estimate of drug-likeness (QED) is 0.458. The molecule has 1 atom stereocenters. The summed E-state index contributed by atoms with van der Waals surface area (Å²) in [5, 5.41) is 2.77. The van der Waals surface area contributed by atoms with E-state index in [1.807, 2.05) is 43.3 Å². The van der Waals surface area contributed by atoms with Crippen LogP contribution < -0.4 is 5.32 Å². The van der Waals surface area contributed by atoms with Gasteiger partial charge in [0.2, 0.25) is 0 Å². The first-order valence-corrected chi connectivity index (χ1v) is 9.73. The first-order valence-electron chi connectivity index (χ1n) is 9.73. The molecule has 3 rings (SSSR count). The number of hydrogen-bond acceptors (Lipinski definition) is 4. The van der Waals surface area contributed by atoms with Crippen molar-refractivity contribution in [2.75, 3.05) is 13.2 Å². The SMILES string of the molecule is CC(CNC(=O)COC(=O)c1ccc(C(=O)c2ccccc2)cc1)c1ccccc1. The Morgan fingerprint density at radius 1 is 0.767 bits per heavy atom. The molecule has 3 aromatic rings. The van der Waals surface area contributed by atoms with E-state index in [-0.39, 0.29) is 29.8 Å². The second-order valence-corrected chi connectivity index (χ2v) is 6.96. The highest BCUT2D eigenvalue weighted by atomic mass is 16.5. The molecule has 0 aliphatic carbocycles. The molecule has 0 aliphatic rings. The second-order valence-electron chi connectivity index (χ2n) is 6.96. The van der Waals surface area contributed by atoms with Crippen LogP contribution in [-0.2, 0) is 9.53 Å². The molecule has 0 fully saturated rings. The predicted molar refractivity (Wildman–Crippen MR) is 114 cm³/mol. The molecule has 0 radical (unpaired) electrons. The van der Waals surface area contributed by atoms with Gasteiger partial charge in [-0.3, -0.25) is 9.59 Å². The number of rotatable bonds is 8. The van der Waals surface area contributed by atoms with Gasteiger partial charge in [0.05, 0.1) is 5.56 Å². The molecule has 0 saturated carbocycles. The van der Waals surface area contributed by atoms with Crippen LogP contribution in [0.25, 0.3) is 0 Å². The Kier molecular flexibility index (Phi) is 7.11. The topological polar surface area (TPSA) is 72.5 Å². The van der Waals surface area contributed by atoms with Crippen LogP contribution in [0.3, 0.4) is 0 Å². The second kappa shape index (κ2) is 10.2. The average molecular weight is 401 g/mol. The van der Waals surface area contributed by atoms with Crippen LogP contribution in [-0.4, -0.2) is 30.8 Å². The highest BCUT2D eigenvalue weighted by Crippen LogP contribution is 2.13. The third-order valence-corrected chi connectivity index (χ3v) is 4.73. The minimum atomic E-state index is -0.611. The maximum atomic E-state index is 12.4. The van der Waals surface area contributed by atoms with Crippen molar-refractivity contribution in [3.63, 3.8) is 0 Å². The van der Waals surface area contributed by atoms with Crippen LogP contribution in [0.4, 0.5) is 0 Å². The summed E-state index contributed by atoms with van der Waals surface area (Å²) in [7, 11) is 0. The van der Waals surface area contributed by atoms with E-state index in [1.165, 1.54) is 12.1 Å². The summed E-state index contributed by atoms with van der Waals surface area (Å²) in [6, 6.07) is 25.0. The maximum Gasteiger partial charge on any atom is 0.338 e. The van der Waals surface area contributed by atoms with Crippen LogP contribution >= 0.6 is 0 Å². The fourth-order valence-corrected chi connectivity index (χ4v) is 2.95. The lowest BCUT2D eigenvalue weighted by Gasteiger charge is -2.13. The van der Waals surface area contributed by atoms with Crippen LogP contribution in [0.15, 0.2) is 84.9 Å². The molecule has 1 N–H and O–H groups in total. The molecule has 5 heteroatoms. The number of hydrogen-bond donors (Lipinski definition) is 1. The van der Waals surface area contributed by atoms with E-state index < -0.39 is 5.97 Å². The van der Waals surface area contributed by atoms with Crippen molar-refractivity contribution < 1.29 is 19.1 Å². The third-order valence-electron chi connectivity index (χ3n) is 4.73. The number of amides is 1. The van der Waals surface area contributed by atoms with Gasteiger partial charge in [-0.25, -0.2) is 4.79 Å². The molecule has 3 aromatic carbocycles. The summed E-state index contributed by atoms with van der Waals surface area (Å²) >= 11 is 0. The fraction of sp³-hybridized carbons (Fsp3) is 0.160. The highest BCUT2D eigenvalue weighted by Gasteiger charge is 2.13. The smallest absolute Gasteiger partial charge is 0.338 e. The van der Waals surface area contributed by atoms with Gasteiger partial charge in [0.15, 0.2) is 12.4 Å². The summed E-state index contributed by atoms with van der Waals surface area (Å²) < 4.78 is 5.08. The van der Waals surface area contributed by atoms with E-state index >= 15 is 0 Å². The van der Waals surface area contributed by atoms with Gasteiger partial charge in [0.25, 0.3) is 5.91 Å². The van der Waals surface area contributed by atoms with E-state index in [9.17, 15) is 14.4 Å². The van der Waals surface area contributed by atoms with E-state index in [0.717, 1.165) is 5.56 Å². The predicted octanol–water partition coefficient (Wildman–Crippen LogP) is 3.99. The van der Waals surface area contributed by atoms with Crippen molar-refractivity contribution in [2.24, 2.45) is 0 Å². The molecule has 0 saturated heterocycles. The molecule has 152 valence electrons. The molecular weight excluding hydrogens is 378 g/mol. The van der Waals surface area contributed by atoms with Crippen molar-refractivity contribution in [1.29, 1.82) is 0 Å². The highest BCUT2D eigenvalue weighted by molar-refractivity contribution is 6.09. The van der Waals surface area contributed by atoms with Crippen LogP contribution in [0.5, 0.6) is 0 Å². The van der Waals surface area contributed by atoms with Crippen LogP contribution in [0.1, 0.15) is 44.7 Å². The number of ether oxygens (including phenoxy) is 1. The number of esters is 1. The molecule has 1 unspecified atom stereocenters. The Hall–Kier alpha value is -3.73. The molecule has 0 spiro atoms. The van der Waals surface area contributed by atoms with Gasteiger partial charge in [-0.2, -0.15) is 0 Å². The molecule has 1 amide bonds. The molecule has 0 aromatic heterocycles. The lowest BCUT2D eigenvalue weighted by Crippen LogP contribution is -2.31. The Morgan fingerprint density at radius 3 is 1.93 bits per heavy atom. The van der Waals surface area contributed by atoms with Crippen LogP contribution in [0, 0.1) is 0 Å². The van der Waals surface area contributed by atoms with E-state index in [1.54, 1.807) is 36.4 Å². The van der Waals surface area contributed by atoms with E-state index in [0.29, 0.717) is 17.7 Å². The van der Waals surface area contributed by atoms with Gasteiger partial charge >= 0.3 is 5.97 Å². The van der Waals surface area contributed by atoms with Crippen molar-refractivity contribution in [3.05, 3.63) is 107 Å². The largest absolute Gasteiger partial charge is 0.452 e. The molecule has 5 nitrogen and oxygen atoms in total. The Morgan fingerprint density at radius 2 is 1.30 bits per heavy atom. The number of ketones is 1. The van der Waals surface area contributed by atoms with Crippen molar-refractivity contribution in [1.82, 2.24) is 5.32 Å². The monoisotopic (exact) mass is 401 g/mol. The number of carbonyl (C=O) groups is 3. The van der Waals surface area contributed by atoms with Crippen molar-refractivity contribution in [3.8, 4) is 0 Å². The summed E-state index contributed by atoms with van der Waals surface area (Å²) in [4.78, 5) is 36.6. The van der Waals surface area contributed by atoms with Gasteiger partial charge in [0.1, 0.15) is 0 Å². The maximum absolute atomic E-state index is 12.4. The van der Waals surface area contributed by atoms with Gasteiger partial charge in [0, 0.05) is 17.7 Å². The Balaban J connectivity index is 1.47. The van der Waals surface area contributed by atoms with Gasteiger partial charge in [-0.15, -0.1) is 0 Å². The summed E-state index contributed by atoms with van der Waals surface area (Å²) in [6.07, 6.45) is 0. The van der Waals surface area contributed by atoms with Crippen LogP contribution in [0.2, 0.25) is 0 Å². The number of nitrogens with one attached hydrogen (secondary N) is 1. The van der Waals surface area contributed by atoms with Crippen molar-refractivity contribution in [2.45, 2.75) is 12.8 Å². The van der Waals surface area contributed by atoms with Crippen molar-refractivity contribution >= 4 is 17.7 Å². The summed E-state index contributed by atoms with van der Waals surface area (Å²) in [5.41, 5.74) is 2.46. The zero-order chi connectivity index (χ0) is 21.3. The Bertz CT molecular complexity index is 998. The van der Waals surface area contributed by atoms with Gasteiger partial charge in [-0.1, -0.05) is 79.7 Å². The minimum absolute atomic E-state index is 0.123. The first kappa shape index (κ1) is 21.0. The molecular formula is C25H23NO4. The van der Waals surface area contributed by atoms with Gasteiger partial charge in [-0.05, 0) is 23.6 Å². The van der Waals surface area contributed by atoms with E-state index in [2.05, 4.69) is 5.32 Å². The number of carbonyl (C=O) groups excluding carboxylic acids is 3. The third kappa shape index (κ3) is 5.64. The standard InChI is InChI=1S/C25H23NO4/c1-18(19-8-4-2-5-9-19)16-26-23(27)17-30-25(29)22-14-12-21(13-15-22)24(28)20-10-6-3-7-11-20/h2-15,18H,16-17H2,1H3,(H,26,27). The Labute approximate surface area is 175 Å². The lowest BCUT2D eigenvalue weighted by atomic mass is 10.0. The molecule has 0 aliphatic heterocycles. The molecule has 30 heavy (non-hydrogen) atoms. The fourth-order valence-electron chi connectivity index (χ4n) is 2.95. The summed E-state index contributed by atoms with van der Waals surface area (Å²) in [6.45, 7) is 2.11. The molecule has 0 heterocycles. The molecule has 0 bridgehead atoms. The number of benzene rings is 3. The zero-order valence-electron chi connectivity index (χ0n) is 16.7. The van der Waals surface area contributed by atoms with E-state index in [4.69, 9.17) is 4.74 Å². The first-order chi connectivity index (χ1) is 14.5. The summed E-state index contributed by atoms with van der Waals surface area (Å²) in [5.74, 6) is -0.940. The normalized spacial score (nSPS) is 11.4. The lowest BCUT2D eigenvalue weighted by molar-refractivity contribution is -0.124. The minimum Gasteiger partial charge on any atom is -0.452 e. The zero-order valence-corrected chi connectivity index (χ0v) is 16.7. The average Bonchev–Trinajstić information content (AvgIpc) is 2.81. The van der Waals surface area contributed by atoms with Gasteiger partial charge < -0.3 is 10.1 Å².